The molecule has 0 atom stereocenters. The molecular formula is C24H22N4O5. The summed E-state index contributed by atoms with van der Waals surface area (Å²) in [6.45, 7) is 0.162. The van der Waals surface area contributed by atoms with Gasteiger partial charge in [-0.2, -0.15) is 5.10 Å². The summed E-state index contributed by atoms with van der Waals surface area (Å²) in [5.74, 6) is 1.19. The van der Waals surface area contributed by atoms with Crippen molar-refractivity contribution in [3.05, 3.63) is 90.1 Å². The largest absolute Gasteiger partial charge is 0.497 e. The Kier molecular flexibility index (Phi) is 6.40. The van der Waals surface area contributed by atoms with E-state index in [9.17, 15) is 9.59 Å². The summed E-state index contributed by atoms with van der Waals surface area (Å²) in [5, 5.41) is 9.58. The highest BCUT2D eigenvalue weighted by molar-refractivity contribution is 6.04. The average Bonchev–Trinajstić information content (AvgIpc) is 3.47. The second kappa shape index (κ2) is 9.73. The lowest BCUT2D eigenvalue weighted by atomic mass is 10.2. The molecule has 4 aromatic rings. The molecular weight excluding hydrogens is 424 g/mol. The van der Waals surface area contributed by atoms with Crippen molar-refractivity contribution in [1.29, 1.82) is 0 Å². The summed E-state index contributed by atoms with van der Waals surface area (Å²) in [7, 11) is 3.32. The number of rotatable bonds is 8. The zero-order valence-electron chi connectivity index (χ0n) is 18.1. The molecule has 0 bridgehead atoms. The van der Waals surface area contributed by atoms with Crippen molar-refractivity contribution < 1.29 is 23.5 Å². The fourth-order valence-electron chi connectivity index (χ4n) is 3.02. The van der Waals surface area contributed by atoms with Gasteiger partial charge in [0.1, 0.15) is 23.9 Å². The van der Waals surface area contributed by atoms with E-state index < -0.39 is 5.91 Å². The van der Waals surface area contributed by atoms with E-state index in [-0.39, 0.29) is 18.3 Å². The van der Waals surface area contributed by atoms with E-state index in [0.717, 1.165) is 0 Å². The second-order valence-electron chi connectivity index (χ2n) is 7.10. The molecule has 2 aromatic carbocycles. The first-order chi connectivity index (χ1) is 16.0. The van der Waals surface area contributed by atoms with Crippen molar-refractivity contribution in [3.63, 3.8) is 0 Å². The summed E-state index contributed by atoms with van der Waals surface area (Å²) in [6, 6.07) is 18.9. The summed E-state index contributed by atoms with van der Waals surface area (Å²) >= 11 is 0. The van der Waals surface area contributed by atoms with Gasteiger partial charge in [0.2, 0.25) is 0 Å². The first kappa shape index (κ1) is 21.7. The van der Waals surface area contributed by atoms with Crippen molar-refractivity contribution in [2.75, 3.05) is 17.7 Å². The minimum Gasteiger partial charge on any atom is -0.497 e. The van der Waals surface area contributed by atoms with Crippen molar-refractivity contribution in [2.45, 2.75) is 6.61 Å². The molecule has 0 saturated heterocycles. The summed E-state index contributed by atoms with van der Waals surface area (Å²) < 4.78 is 18.0. The predicted molar refractivity (Wildman–Crippen MR) is 122 cm³/mol. The minimum absolute atomic E-state index is 0.141. The molecule has 2 heterocycles. The molecule has 9 heteroatoms. The maximum atomic E-state index is 12.6. The van der Waals surface area contributed by atoms with Crippen molar-refractivity contribution in [2.24, 2.45) is 7.05 Å². The Morgan fingerprint density at radius 2 is 1.67 bits per heavy atom. The zero-order valence-corrected chi connectivity index (χ0v) is 18.1. The first-order valence-corrected chi connectivity index (χ1v) is 10.1. The molecule has 2 N–H and O–H groups in total. The summed E-state index contributed by atoms with van der Waals surface area (Å²) in [6.07, 6.45) is 1.69. The summed E-state index contributed by atoms with van der Waals surface area (Å²) in [5.41, 5.74) is 1.32. The van der Waals surface area contributed by atoms with Crippen LogP contribution in [0.4, 0.5) is 11.4 Å². The molecule has 9 nitrogen and oxygen atoms in total. The van der Waals surface area contributed by atoms with Gasteiger partial charge in [-0.1, -0.05) is 12.1 Å². The van der Waals surface area contributed by atoms with Crippen LogP contribution in [0.5, 0.6) is 11.5 Å². The SMILES string of the molecule is COc1cccc(OCc2ccc(C(=O)Nc3cccc(NC(=O)c4ccn(C)n4)c3)o2)c1. The fourth-order valence-corrected chi connectivity index (χ4v) is 3.02. The molecule has 0 saturated carbocycles. The number of carbonyl (C=O) groups is 2. The number of hydrogen-bond donors (Lipinski definition) is 2. The normalized spacial score (nSPS) is 10.5. The highest BCUT2D eigenvalue weighted by Gasteiger charge is 2.13. The lowest BCUT2D eigenvalue weighted by Gasteiger charge is -2.08. The van der Waals surface area contributed by atoms with E-state index in [4.69, 9.17) is 13.9 Å². The van der Waals surface area contributed by atoms with Gasteiger partial charge >= 0.3 is 0 Å². The zero-order chi connectivity index (χ0) is 23.2. The van der Waals surface area contributed by atoms with Crippen LogP contribution >= 0.6 is 0 Å². The van der Waals surface area contributed by atoms with Crippen molar-refractivity contribution in [1.82, 2.24) is 9.78 Å². The fraction of sp³-hybridized carbons (Fsp3) is 0.125. The Bertz CT molecular complexity index is 1280. The second-order valence-corrected chi connectivity index (χ2v) is 7.10. The highest BCUT2D eigenvalue weighted by Crippen LogP contribution is 2.21. The molecule has 0 fully saturated rings. The van der Waals surface area contributed by atoms with Gasteiger partial charge in [0.05, 0.1) is 7.11 Å². The molecule has 168 valence electrons. The maximum Gasteiger partial charge on any atom is 0.291 e. The third kappa shape index (κ3) is 5.59. The highest BCUT2D eigenvalue weighted by atomic mass is 16.5. The van der Waals surface area contributed by atoms with E-state index in [0.29, 0.717) is 34.3 Å². The number of anilines is 2. The number of hydrogen-bond acceptors (Lipinski definition) is 6. The van der Waals surface area contributed by atoms with Gasteiger partial charge in [-0.05, 0) is 48.5 Å². The van der Waals surface area contributed by atoms with Crippen LogP contribution in [0.25, 0.3) is 0 Å². The van der Waals surface area contributed by atoms with Gasteiger partial charge in [-0.15, -0.1) is 0 Å². The number of nitrogens with zero attached hydrogens (tertiary/aromatic N) is 2. The van der Waals surface area contributed by atoms with Crippen molar-refractivity contribution in [3.8, 4) is 11.5 Å². The van der Waals surface area contributed by atoms with E-state index in [1.807, 2.05) is 12.1 Å². The molecule has 0 unspecified atom stereocenters. The standard InChI is InChI=1S/C24H22N4O5/c1-28-12-11-21(27-28)23(29)25-16-5-3-6-17(13-16)26-24(30)22-10-9-20(33-22)15-32-19-8-4-7-18(14-19)31-2/h3-14H,15H2,1-2H3,(H,25,29)(H,26,30). The van der Waals surface area contributed by atoms with Crippen LogP contribution in [-0.2, 0) is 13.7 Å². The Balaban J connectivity index is 1.35. The Hall–Kier alpha value is -4.53. The van der Waals surface area contributed by atoms with Crippen LogP contribution in [-0.4, -0.2) is 28.7 Å². The number of nitrogens with one attached hydrogen (secondary N) is 2. The van der Waals surface area contributed by atoms with Gasteiger partial charge < -0.3 is 24.5 Å². The third-order valence-electron chi connectivity index (χ3n) is 4.63. The molecule has 2 amide bonds. The molecule has 33 heavy (non-hydrogen) atoms. The number of amides is 2. The number of methoxy groups -OCH3 is 1. The molecule has 4 rings (SSSR count). The molecule has 2 aromatic heterocycles. The maximum absolute atomic E-state index is 12.6. The van der Waals surface area contributed by atoms with Gasteiger partial charge in [-0.25, -0.2) is 0 Å². The number of ether oxygens (including phenoxy) is 2. The van der Waals surface area contributed by atoms with E-state index in [1.165, 1.54) is 0 Å². The third-order valence-corrected chi connectivity index (χ3v) is 4.63. The van der Waals surface area contributed by atoms with Gasteiger partial charge in [0.15, 0.2) is 11.5 Å². The smallest absolute Gasteiger partial charge is 0.291 e. The monoisotopic (exact) mass is 446 g/mol. The topological polar surface area (TPSA) is 108 Å². The van der Waals surface area contributed by atoms with Crippen LogP contribution in [0.2, 0.25) is 0 Å². The number of aryl methyl sites for hydroxylation is 1. The number of furan rings is 1. The van der Waals surface area contributed by atoms with Crippen LogP contribution in [0.3, 0.4) is 0 Å². The molecule has 0 aliphatic heterocycles. The van der Waals surface area contributed by atoms with Gasteiger partial charge in [-0.3, -0.25) is 14.3 Å². The first-order valence-electron chi connectivity index (χ1n) is 10.1. The summed E-state index contributed by atoms with van der Waals surface area (Å²) in [4.78, 5) is 24.9. The number of benzene rings is 2. The van der Waals surface area contributed by atoms with E-state index in [1.54, 1.807) is 79.6 Å². The van der Waals surface area contributed by atoms with E-state index >= 15 is 0 Å². The molecule has 0 aliphatic carbocycles. The van der Waals surface area contributed by atoms with Gasteiger partial charge in [0, 0.05) is 30.7 Å². The Morgan fingerprint density at radius 3 is 2.39 bits per heavy atom. The van der Waals surface area contributed by atoms with Crippen molar-refractivity contribution >= 4 is 23.2 Å². The van der Waals surface area contributed by atoms with E-state index in [2.05, 4.69) is 15.7 Å². The molecule has 0 spiro atoms. The predicted octanol–water partition coefficient (Wildman–Crippen LogP) is 4.11. The Labute approximate surface area is 189 Å². The quantitative estimate of drug-likeness (QED) is 0.422. The van der Waals surface area contributed by atoms with Crippen LogP contribution in [0.1, 0.15) is 26.8 Å². The number of aromatic nitrogens is 2. The van der Waals surface area contributed by atoms with Crippen LogP contribution in [0.15, 0.2) is 77.3 Å². The van der Waals surface area contributed by atoms with Crippen LogP contribution in [0, 0.1) is 0 Å². The molecule has 0 aliphatic rings. The lowest BCUT2D eigenvalue weighted by molar-refractivity contribution is 0.0991. The van der Waals surface area contributed by atoms with Crippen LogP contribution < -0.4 is 20.1 Å². The van der Waals surface area contributed by atoms with Gasteiger partial charge in [0.25, 0.3) is 11.8 Å². The number of carbonyl (C=O) groups excluding carboxylic acids is 2. The average molecular weight is 446 g/mol. The molecule has 0 radical (unpaired) electrons. The Morgan fingerprint density at radius 1 is 0.939 bits per heavy atom. The lowest BCUT2D eigenvalue weighted by Crippen LogP contribution is -2.14. The minimum atomic E-state index is -0.421.